The summed E-state index contributed by atoms with van der Waals surface area (Å²) in [7, 11) is 0. The molecule has 1 heterocycles. The molecular formula is C11H23NO2. The van der Waals surface area contributed by atoms with Gasteiger partial charge in [0.1, 0.15) is 12.3 Å². The molecule has 2 atom stereocenters. The number of aliphatic hydroxyl groups is 1. The SMILES string of the molecule is CCCCN(CCCC)C1OC1CO. The van der Waals surface area contributed by atoms with Crippen molar-refractivity contribution in [3.05, 3.63) is 0 Å². The van der Waals surface area contributed by atoms with E-state index in [1.807, 2.05) is 0 Å². The first-order valence-corrected chi connectivity index (χ1v) is 5.83. The van der Waals surface area contributed by atoms with E-state index in [9.17, 15) is 0 Å². The van der Waals surface area contributed by atoms with Crippen molar-refractivity contribution in [2.75, 3.05) is 19.7 Å². The Morgan fingerprint density at radius 3 is 2.07 bits per heavy atom. The molecule has 1 rings (SSSR count). The number of hydrogen-bond donors (Lipinski definition) is 1. The van der Waals surface area contributed by atoms with Crippen molar-refractivity contribution < 1.29 is 9.84 Å². The highest BCUT2D eigenvalue weighted by Crippen LogP contribution is 2.26. The maximum Gasteiger partial charge on any atom is 0.140 e. The van der Waals surface area contributed by atoms with Crippen LogP contribution in [-0.2, 0) is 4.74 Å². The second-order valence-electron chi connectivity index (χ2n) is 3.99. The van der Waals surface area contributed by atoms with E-state index >= 15 is 0 Å². The molecule has 1 aliphatic heterocycles. The van der Waals surface area contributed by atoms with Gasteiger partial charge in [0.05, 0.1) is 6.61 Å². The Balaban J connectivity index is 2.22. The molecule has 0 aromatic heterocycles. The van der Waals surface area contributed by atoms with E-state index in [0.717, 1.165) is 13.1 Å². The highest BCUT2D eigenvalue weighted by Gasteiger charge is 2.42. The zero-order chi connectivity index (χ0) is 10.4. The molecule has 84 valence electrons. The van der Waals surface area contributed by atoms with E-state index < -0.39 is 0 Å². The monoisotopic (exact) mass is 201 g/mol. The minimum Gasteiger partial charge on any atom is -0.394 e. The van der Waals surface area contributed by atoms with E-state index in [2.05, 4.69) is 18.7 Å². The number of rotatable bonds is 8. The van der Waals surface area contributed by atoms with Crippen LogP contribution in [0.15, 0.2) is 0 Å². The molecule has 14 heavy (non-hydrogen) atoms. The van der Waals surface area contributed by atoms with Crippen molar-refractivity contribution in [1.29, 1.82) is 0 Å². The van der Waals surface area contributed by atoms with Gasteiger partial charge in [0.2, 0.25) is 0 Å². The Morgan fingerprint density at radius 2 is 1.71 bits per heavy atom. The lowest BCUT2D eigenvalue weighted by Gasteiger charge is -2.19. The van der Waals surface area contributed by atoms with Gasteiger partial charge in [0, 0.05) is 13.1 Å². The summed E-state index contributed by atoms with van der Waals surface area (Å²) < 4.78 is 5.40. The Labute approximate surface area is 87.1 Å². The zero-order valence-electron chi connectivity index (χ0n) is 9.41. The molecule has 0 aliphatic carbocycles. The average molecular weight is 201 g/mol. The minimum absolute atomic E-state index is 0.0868. The highest BCUT2D eigenvalue weighted by atomic mass is 16.6. The smallest absolute Gasteiger partial charge is 0.140 e. The van der Waals surface area contributed by atoms with Gasteiger partial charge in [-0.2, -0.15) is 0 Å². The summed E-state index contributed by atoms with van der Waals surface area (Å²) in [5.41, 5.74) is 0. The van der Waals surface area contributed by atoms with Crippen molar-refractivity contribution in [3.8, 4) is 0 Å². The van der Waals surface area contributed by atoms with Crippen molar-refractivity contribution in [3.63, 3.8) is 0 Å². The fraction of sp³-hybridized carbons (Fsp3) is 1.00. The first-order chi connectivity index (χ1) is 6.83. The van der Waals surface area contributed by atoms with Gasteiger partial charge >= 0.3 is 0 Å². The minimum atomic E-state index is 0.0868. The molecular weight excluding hydrogens is 178 g/mol. The van der Waals surface area contributed by atoms with Gasteiger partial charge in [0.15, 0.2) is 0 Å². The van der Waals surface area contributed by atoms with Crippen LogP contribution in [0.2, 0.25) is 0 Å². The summed E-state index contributed by atoms with van der Waals surface area (Å²) in [4.78, 5) is 2.37. The van der Waals surface area contributed by atoms with Crippen molar-refractivity contribution in [1.82, 2.24) is 4.90 Å². The Bertz CT molecular complexity index is 144. The predicted molar refractivity (Wildman–Crippen MR) is 57.1 cm³/mol. The molecule has 1 saturated heterocycles. The summed E-state index contributed by atoms with van der Waals surface area (Å²) in [5.74, 6) is 0. The number of nitrogens with zero attached hydrogens (tertiary/aromatic N) is 1. The summed E-state index contributed by atoms with van der Waals surface area (Å²) in [5, 5.41) is 8.92. The molecule has 3 nitrogen and oxygen atoms in total. The molecule has 0 amide bonds. The summed E-state index contributed by atoms with van der Waals surface area (Å²) in [6, 6.07) is 0. The Morgan fingerprint density at radius 1 is 1.14 bits per heavy atom. The topological polar surface area (TPSA) is 36.0 Å². The zero-order valence-corrected chi connectivity index (χ0v) is 9.41. The van der Waals surface area contributed by atoms with Gasteiger partial charge in [-0.1, -0.05) is 26.7 Å². The quantitative estimate of drug-likeness (QED) is 0.606. The lowest BCUT2D eigenvalue weighted by Crippen LogP contribution is -2.31. The first-order valence-electron chi connectivity index (χ1n) is 5.83. The van der Waals surface area contributed by atoms with E-state index in [4.69, 9.17) is 9.84 Å². The van der Waals surface area contributed by atoms with Crippen LogP contribution in [-0.4, -0.2) is 42.0 Å². The van der Waals surface area contributed by atoms with E-state index in [1.54, 1.807) is 0 Å². The summed E-state index contributed by atoms with van der Waals surface area (Å²) in [6.45, 7) is 6.79. The molecule has 1 fully saturated rings. The summed E-state index contributed by atoms with van der Waals surface area (Å²) in [6.07, 6.45) is 5.18. The van der Waals surface area contributed by atoms with Gasteiger partial charge in [-0.3, -0.25) is 4.90 Å². The third-order valence-electron chi connectivity index (χ3n) is 2.69. The third kappa shape index (κ3) is 3.56. The molecule has 0 saturated carbocycles. The lowest BCUT2D eigenvalue weighted by atomic mass is 10.2. The molecule has 2 unspecified atom stereocenters. The number of hydrogen-bond acceptors (Lipinski definition) is 3. The predicted octanol–water partition coefficient (Wildman–Crippen LogP) is 1.61. The summed E-state index contributed by atoms with van der Waals surface area (Å²) >= 11 is 0. The van der Waals surface area contributed by atoms with Crippen LogP contribution in [0.4, 0.5) is 0 Å². The normalized spacial score (nSPS) is 25.7. The van der Waals surface area contributed by atoms with Crippen molar-refractivity contribution in [2.45, 2.75) is 51.9 Å². The average Bonchev–Trinajstić information content (AvgIpc) is 2.97. The van der Waals surface area contributed by atoms with Gasteiger partial charge in [-0.15, -0.1) is 0 Å². The van der Waals surface area contributed by atoms with Gasteiger partial charge < -0.3 is 9.84 Å². The van der Waals surface area contributed by atoms with Gasteiger partial charge in [-0.25, -0.2) is 0 Å². The second-order valence-corrected chi connectivity index (χ2v) is 3.99. The maximum atomic E-state index is 8.92. The van der Waals surface area contributed by atoms with Gasteiger partial charge in [-0.05, 0) is 12.8 Å². The molecule has 3 heteroatoms. The van der Waals surface area contributed by atoms with Crippen LogP contribution in [0.5, 0.6) is 0 Å². The molecule has 0 bridgehead atoms. The van der Waals surface area contributed by atoms with Gasteiger partial charge in [0.25, 0.3) is 0 Å². The van der Waals surface area contributed by atoms with E-state index in [0.29, 0.717) is 0 Å². The molecule has 0 aromatic rings. The number of unbranched alkanes of at least 4 members (excludes halogenated alkanes) is 2. The molecule has 1 N–H and O–H groups in total. The van der Waals surface area contributed by atoms with Crippen LogP contribution in [0.3, 0.4) is 0 Å². The van der Waals surface area contributed by atoms with Crippen LogP contribution in [0.25, 0.3) is 0 Å². The molecule has 0 spiro atoms. The largest absolute Gasteiger partial charge is 0.394 e. The highest BCUT2D eigenvalue weighted by molar-refractivity contribution is 4.84. The first kappa shape index (κ1) is 12.0. The van der Waals surface area contributed by atoms with Crippen molar-refractivity contribution >= 4 is 0 Å². The number of aliphatic hydroxyl groups excluding tert-OH is 1. The molecule has 1 aliphatic rings. The maximum absolute atomic E-state index is 8.92. The Kier molecular flexibility index (Phi) is 5.45. The second kappa shape index (κ2) is 6.38. The molecule has 0 radical (unpaired) electrons. The fourth-order valence-electron chi connectivity index (χ4n) is 1.68. The van der Waals surface area contributed by atoms with E-state index in [1.165, 1.54) is 25.7 Å². The standard InChI is InChI=1S/C11H23NO2/c1-3-5-7-12(8-6-4-2)11-10(9-13)14-11/h10-11,13H,3-9H2,1-2H3. The fourth-order valence-corrected chi connectivity index (χ4v) is 1.68. The van der Waals surface area contributed by atoms with Crippen LogP contribution in [0.1, 0.15) is 39.5 Å². The third-order valence-corrected chi connectivity index (χ3v) is 2.69. The van der Waals surface area contributed by atoms with Crippen molar-refractivity contribution in [2.24, 2.45) is 0 Å². The van der Waals surface area contributed by atoms with E-state index in [-0.39, 0.29) is 18.9 Å². The van der Waals surface area contributed by atoms with Crippen LogP contribution in [0, 0.1) is 0 Å². The number of epoxide rings is 1. The Hall–Kier alpha value is -0.120. The van der Waals surface area contributed by atoms with Crippen LogP contribution >= 0.6 is 0 Å². The number of ether oxygens (including phenoxy) is 1. The lowest BCUT2D eigenvalue weighted by molar-refractivity contribution is 0.169. The van der Waals surface area contributed by atoms with Crippen LogP contribution < -0.4 is 0 Å². The molecule has 0 aromatic carbocycles.